The minimum atomic E-state index is -0.460. The second-order valence-electron chi connectivity index (χ2n) is 15.5. The van der Waals surface area contributed by atoms with E-state index in [9.17, 15) is 0 Å². The van der Waals surface area contributed by atoms with Gasteiger partial charge in [-0.3, -0.25) is 0 Å². The van der Waals surface area contributed by atoms with Crippen LogP contribution in [-0.4, -0.2) is 38.3 Å². The lowest BCUT2D eigenvalue weighted by Gasteiger charge is -2.32. The molecule has 1 aliphatic heterocycles. The summed E-state index contributed by atoms with van der Waals surface area (Å²) in [5.74, 6) is 1.60. The van der Waals surface area contributed by atoms with Crippen molar-refractivity contribution in [1.82, 2.24) is 19.9 Å². The fourth-order valence-electron chi connectivity index (χ4n) is 7.46. The third-order valence-electron chi connectivity index (χ3n) is 11.4. The van der Waals surface area contributed by atoms with Gasteiger partial charge in [-0.25, -0.2) is 9.97 Å². The molecule has 7 aromatic carbocycles. The summed E-state index contributed by atoms with van der Waals surface area (Å²) in [7, 11) is -0.460. The molecule has 0 N–H and O–H groups in total. The Morgan fingerprint density at radius 2 is 0.982 bits per heavy atom. The molecule has 0 atom stereocenters. The largest absolute Gasteiger partial charge is 0.494 e. The Balaban J connectivity index is 0.916. The average molecular weight is 763 g/mol. The zero-order chi connectivity index (χ0) is 38.9. The van der Waals surface area contributed by atoms with Gasteiger partial charge in [0.15, 0.2) is 17.2 Å². The van der Waals surface area contributed by atoms with Crippen molar-refractivity contribution >= 4 is 56.8 Å². The van der Waals surface area contributed by atoms with Gasteiger partial charge in [0.1, 0.15) is 5.52 Å². The molecule has 1 fully saturated rings. The fraction of sp³-hybridized carbons (Fsp3) is 0.125. The van der Waals surface area contributed by atoms with E-state index in [0.717, 1.165) is 77.1 Å². The number of benzene rings is 7. The quantitative estimate of drug-likeness (QED) is 0.123. The lowest BCUT2D eigenvalue weighted by Crippen LogP contribution is -2.41. The second-order valence-corrected chi connectivity index (χ2v) is 15.9. The number of hydrogen-bond acceptors (Lipinski definition) is 7. The third-order valence-corrected chi connectivity index (χ3v) is 11.5. The molecule has 7 nitrogen and oxygen atoms in total. The topological polar surface area (TPSA) is 83.2 Å². The van der Waals surface area contributed by atoms with Gasteiger partial charge in [0.05, 0.1) is 11.2 Å². The molecule has 1 saturated heterocycles. The number of rotatable bonds is 6. The first-order valence-electron chi connectivity index (χ1n) is 19.0. The Bertz CT molecular complexity index is 2950. The lowest BCUT2D eigenvalue weighted by molar-refractivity contribution is 0.00578. The first kappa shape index (κ1) is 35.2. The van der Waals surface area contributed by atoms with Gasteiger partial charge < -0.3 is 13.7 Å². The number of fused-ring (bicyclic) bond motifs is 5. The summed E-state index contributed by atoms with van der Waals surface area (Å²) >= 11 is 6.41. The summed E-state index contributed by atoms with van der Waals surface area (Å²) in [4.78, 5) is 18.6. The maximum absolute atomic E-state index is 6.59. The predicted molar refractivity (Wildman–Crippen MR) is 230 cm³/mol. The molecule has 9 heteroatoms. The third kappa shape index (κ3) is 6.36. The normalized spacial score (nSPS) is 14.9. The maximum Gasteiger partial charge on any atom is 0.494 e. The number of nitrogens with zero attached hydrogens (tertiary/aromatic N) is 4. The van der Waals surface area contributed by atoms with Crippen LogP contribution in [0.5, 0.6) is 0 Å². The van der Waals surface area contributed by atoms with Crippen LogP contribution in [0, 0.1) is 0 Å². The SMILES string of the molecule is CC1(C)OB(c2ccc3ccc4ccc5nc(-c6ccc(-c7ccc(-c8nc(Cl)nc(-c9ccc(-c%10ccccc%10)cc9)n8)cc7)cc6)oc5c4c3c2)OC1(C)C. The van der Waals surface area contributed by atoms with Crippen LogP contribution in [0.2, 0.25) is 5.28 Å². The van der Waals surface area contributed by atoms with E-state index in [0.29, 0.717) is 17.5 Å². The Labute approximate surface area is 335 Å². The van der Waals surface area contributed by atoms with Crippen LogP contribution in [0.25, 0.3) is 89.1 Å². The van der Waals surface area contributed by atoms with Crippen LogP contribution < -0.4 is 5.46 Å². The van der Waals surface area contributed by atoms with Crippen LogP contribution in [0.1, 0.15) is 27.7 Å². The molecule has 276 valence electrons. The van der Waals surface area contributed by atoms with Crippen molar-refractivity contribution in [3.8, 4) is 56.5 Å². The van der Waals surface area contributed by atoms with Gasteiger partial charge >= 0.3 is 7.12 Å². The van der Waals surface area contributed by atoms with Crippen molar-refractivity contribution in [2.45, 2.75) is 38.9 Å². The van der Waals surface area contributed by atoms with Crippen LogP contribution in [0.4, 0.5) is 0 Å². The van der Waals surface area contributed by atoms with Crippen molar-refractivity contribution in [2.24, 2.45) is 0 Å². The van der Waals surface area contributed by atoms with Gasteiger partial charge in [-0.15, -0.1) is 0 Å². The molecule has 1 aliphatic rings. The molecule has 0 radical (unpaired) electrons. The Morgan fingerprint density at radius 3 is 1.58 bits per heavy atom. The van der Waals surface area contributed by atoms with E-state index in [1.165, 1.54) is 0 Å². The van der Waals surface area contributed by atoms with Crippen LogP contribution >= 0.6 is 11.6 Å². The molecular formula is C48H36BClN4O3. The molecular weight excluding hydrogens is 727 g/mol. The Kier molecular flexibility index (Phi) is 8.34. The maximum atomic E-state index is 6.59. The average Bonchev–Trinajstić information content (AvgIpc) is 3.77. The highest BCUT2D eigenvalue weighted by Gasteiger charge is 2.51. The standard InChI is InChI=1S/C48H36BClN4O3/c1-47(2)48(3,4)57-49(56-47)38-26-24-33-16-17-34-25-27-40-42(41(34)39(33)28-38)55-45(51-40)37-22-14-32(15-23-37)31-12-20-36(21-13-31)44-52-43(53-46(50)54-44)35-18-10-30(11-19-35)29-8-6-5-7-9-29/h5-28H,1-4H3. The van der Waals surface area contributed by atoms with E-state index in [1.54, 1.807) is 0 Å². The van der Waals surface area contributed by atoms with E-state index < -0.39 is 18.3 Å². The Morgan fingerprint density at radius 1 is 0.491 bits per heavy atom. The van der Waals surface area contributed by atoms with Crippen LogP contribution in [0.15, 0.2) is 150 Å². The van der Waals surface area contributed by atoms with E-state index in [2.05, 4.69) is 123 Å². The van der Waals surface area contributed by atoms with Crippen LogP contribution in [-0.2, 0) is 9.31 Å². The van der Waals surface area contributed by atoms with E-state index in [-0.39, 0.29) is 5.28 Å². The summed E-state index contributed by atoms with van der Waals surface area (Å²) in [5, 5.41) is 4.42. The van der Waals surface area contributed by atoms with Gasteiger partial charge in [0, 0.05) is 22.1 Å². The molecule has 10 rings (SSSR count). The van der Waals surface area contributed by atoms with Crippen molar-refractivity contribution in [2.75, 3.05) is 0 Å². The van der Waals surface area contributed by atoms with Gasteiger partial charge in [-0.2, -0.15) is 9.97 Å². The van der Waals surface area contributed by atoms with Gasteiger partial charge in [-0.05, 0) is 101 Å². The zero-order valence-electron chi connectivity index (χ0n) is 31.8. The number of halogens is 1. The van der Waals surface area contributed by atoms with Crippen molar-refractivity contribution in [3.63, 3.8) is 0 Å². The minimum Gasteiger partial charge on any atom is -0.435 e. The van der Waals surface area contributed by atoms with E-state index >= 15 is 0 Å². The molecule has 0 spiro atoms. The molecule has 3 heterocycles. The molecule has 0 unspecified atom stereocenters. The summed E-state index contributed by atoms with van der Waals surface area (Å²) in [6.07, 6.45) is 0. The molecule has 0 amide bonds. The van der Waals surface area contributed by atoms with Gasteiger partial charge in [0.25, 0.3) is 0 Å². The monoisotopic (exact) mass is 762 g/mol. The fourth-order valence-corrected chi connectivity index (χ4v) is 7.62. The predicted octanol–water partition coefficient (Wildman–Crippen LogP) is 11.6. The van der Waals surface area contributed by atoms with Crippen molar-refractivity contribution in [3.05, 3.63) is 151 Å². The number of aromatic nitrogens is 4. The summed E-state index contributed by atoms with van der Waals surface area (Å²) in [6.45, 7) is 8.29. The minimum absolute atomic E-state index is 0.147. The highest BCUT2D eigenvalue weighted by atomic mass is 35.5. The number of oxazole rings is 1. The first-order chi connectivity index (χ1) is 27.6. The van der Waals surface area contributed by atoms with Crippen molar-refractivity contribution < 1.29 is 13.7 Å². The molecule has 57 heavy (non-hydrogen) atoms. The second kappa shape index (κ2) is 13.5. The van der Waals surface area contributed by atoms with E-state index in [1.807, 2.05) is 60.7 Å². The van der Waals surface area contributed by atoms with E-state index in [4.69, 9.17) is 35.3 Å². The molecule has 2 aromatic heterocycles. The smallest absolute Gasteiger partial charge is 0.435 e. The summed E-state index contributed by atoms with van der Waals surface area (Å²) < 4.78 is 19.4. The Hall–Kier alpha value is -6.19. The van der Waals surface area contributed by atoms with Gasteiger partial charge in [-0.1, -0.05) is 127 Å². The van der Waals surface area contributed by atoms with Crippen molar-refractivity contribution in [1.29, 1.82) is 0 Å². The summed E-state index contributed by atoms with van der Waals surface area (Å²) in [6, 6.07) is 49.6. The lowest BCUT2D eigenvalue weighted by atomic mass is 9.78. The highest BCUT2D eigenvalue weighted by molar-refractivity contribution is 6.62. The molecule has 9 aromatic rings. The molecule has 0 saturated carbocycles. The summed E-state index contributed by atoms with van der Waals surface area (Å²) in [5.41, 5.74) is 8.65. The van der Waals surface area contributed by atoms with Gasteiger partial charge in [0.2, 0.25) is 11.2 Å². The molecule has 0 aliphatic carbocycles. The zero-order valence-corrected chi connectivity index (χ0v) is 32.6. The van der Waals surface area contributed by atoms with Crippen LogP contribution in [0.3, 0.4) is 0 Å². The highest BCUT2D eigenvalue weighted by Crippen LogP contribution is 2.39. The first-order valence-corrected chi connectivity index (χ1v) is 19.4. The molecule has 0 bridgehead atoms. The number of hydrogen-bond donors (Lipinski definition) is 0.